The number of nitriles is 1. The van der Waals surface area contributed by atoms with Gasteiger partial charge in [0.25, 0.3) is 11.5 Å². The van der Waals surface area contributed by atoms with Crippen LogP contribution in [0.4, 0.5) is 5.95 Å². The number of nitrogens with one attached hydrogen (secondary N) is 1. The van der Waals surface area contributed by atoms with Crippen molar-refractivity contribution < 1.29 is 4.79 Å². The maximum atomic E-state index is 13.5. The molecule has 3 heterocycles. The van der Waals surface area contributed by atoms with Gasteiger partial charge in [-0.3, -0.25) is 14.2 Å². The molecule has 1 aliphatic rings. The highest BCUT2D eigenvalue weighted by atomic mass is 32.1. The van der Waals surface area contributed by atoms with Crippen LogP contribution >= 0.6 is 11.3 Å². The number of hydrogen-bond donors (Lipinski definition) is 1. The van der Waals surface area contributed by atoms with Crippen molar-refractivity contribution in [3.8, 4) is 6.07 Å². The van der Waals surface area contributed by atoms with Gasteiger partial charge in [-0.2, -0.15) is 5.26 Å². The lowest BCUT2D eigenvalue weighted by atomic mass is 10.1. The molecule has 2 aromatic heterocycles. The van der Waals surface area contributed by atoms with Crippen LogP contribution in [0.2, 0.25) is 0 Å². The number of fused-ring (bicyclic) bond motifs is 1. The number of rotatable bonds is 5. The summed E-state index contributed by atoms with van der Waals surface area (Å²) >= 11 is 1.17. The van der Waals surface area contributed by atoms with E-state index in [0.29, 0.717) is 26.6 Å². The second kappa shape index (κ2) is 8.90. The summed E-state index contributed by atoms with van der Waals surface area (Å²) in [6, 6.07) is 11.2. The first-order valence-corrected chi connectivity index (χ1v) is 11.4. The number of anilines is 1. The number of carbonyl (C=O) groups is 1. The minimum atomic E-state index is -0.196. The summed E-state index contributed by atoms with van der Waals surface area (Å²) in [5.41, 5.74) is 1.70. The number of hydrogen-bond acceptors (Lipinski definition) is 6. The van der Waals surface area contributed by atoms with Gasteiger partial charge in [0.05, 0.1) is 28.6 Å². The van der Waals surface area contributed by atoms with E-state index in [9.17, 15) is 14.9 Å². The zero-order valence-corrected chi connectivity index (χ0v) is 18.5. The van der Waals surface area contributed by atoms with Gasteiger partial charge in [-0.25, -0.2) is 4.98 Å². The molecule has 1 fully saturated rings. The molecule has 1 aromatic carbocycles. The molecule has 7 nitrogen and oxygen atoms in total. The van der Waals surface area contributed by atoms with Gasteiger partial charge in [-0.15, -0.1) is 11.3 Å². The third kappa shape index (κ3) is 4.32. The van der Waals surface area contributed by atoms with Crippen LogP contribution < -0.4 is 15.8 Å². The fraction of sp³-hybridized carbons (Fsp3) is 0.391. The fourth-order valence-corrected chi connectivity index (χ4v) is 4.81. The summed E-state index contributed by atoms with van der Waals surface area (Å²) < 4.78 is 2.12. The Bertz CT molecular complexity index is 1210. The molecule has 0 aliphatic carbocycles. The van der Waals surface area contributed by atoms with E-state index in [1.54, 1.807) is 16.7 Å². The molecule has 0 atom stereocenters. The highest BCUT2D eigenvalue weighted by molar-refractivity contribution is 7.20. The van der Waals surface area contributed by atoms with E-state index in [4.69, 9.17) is 4.98 Å². The molecular formula is C23H25N5O2S. The second-order valence-corrected chi connectivity index (χ2v) is 9.13. The third-order valence-electron chi connectivity index (χ3n) is 5.36. The molecule has 0 unspecified atom stereocenters. The summed E-state index contributed by atoms with van der Waals surface area (Å²) in [6.45, 7) is 5.74. The van der Waals surface area contributed by atoms with Crippen molar-refractivity contribution in [1.82, 2.24) is 14.9 Å². The maximum Gasteiger partial charge on any atom is 0.273 e. The molecule has 0 saturated carbocycles. The molecular weight excluding hydrogens is 410 g/mol. The average Bonchev–Trinajstić information content (AvgIpc) is 3.21. The van der Waals surface area contributed by atoms with Crippen LogP contribution in [0.3, 0.4) is 0 Å². The Balaban J connectivity index is 1.85. The predicted octanol–water partition coefficient (Wildman–Crippen LogP) is 3.51. The minimum Gasteiger partial charge on any atom is -0.349 e. The molecule has 31 heavy (non-hydrogen) atoms. The zero-order valence-electron chi connectivity index (χ0n) is 17.7. The van der Waals surface area contributed by atoms with Crippen LogP contribution in [0.25, 0.3) is 10.2 Å². The van der Waals surface area contributed by atoms with Crippen LogP contribution in [0.15, 0.2) is 35.1 Å². The van der Waals surface area contributed by atoms with Crippen molar-refractivity contribution in [2.24, 2.45) is 0 Å². The van der Waals surface area contributed by atoms with E-state index >= 15 is 0 Å². The molecule has 4 rings (SSSR count). The van der Waals surface area contributed by atoms with Gasteiger partial charge in [0.1, 0.15) is 4.70 Å². The standard InChI is InChI=1S/C23H25N5O2S/c1-15(2)25-21(29)19-12-18-20(31-19)22(30)28(14-17-9-5-4-8-16(17)13-24)23(26-18)27-10-6-3-7-11-27/h4-5,8-9,12,15H,3,6-7,10-11,14H2,1-2H3,(H,25,29). The molecule has 1 amide bonds. The number of thiophene rings is 1. The fourth-order valence-electron chi connectivity index (χ4n) is 3.86. The number of nitrogens with zero attached hydrogens (tertiary/aromatic N) is 4. The summed E-state index contributed by atoms with van der Waals surface area (Å²) in [6.07, 6.45) is 3.26. The van der Waals surface area contributed by atoms with E-state index < -0.39 is 0 Å². The van der Waals surface area contributed by atoms with Crippen molar-refractivity contribution in [3.63, 3.8) is 0 Å². The minimum absolute atomic E-state index is 0.00808. The van der Waals surface area contributed by atoms with E-state index in [0.717, 1.165) is 37.9 Å². The SMILES string of the molecule is CC(C)NC(=O)c1cc2nc(N3CCCCC3)n(Cc3ccccc3C#N)c(=O)c2s1. The summed E-state index contributed by atoms with van der Waals surface area (Å²) in [4.78, 5) is 33.5. The summed E-state index contributed by atoms with van der Waals surface area (Å²) in [7, 11) is 0. The van der Waals surface area contributed by atoms with Crippen molar-refractivity contribution >= 4 is 33.4 Å². The van der Waals surface area contributed by atoms with E-state index in [-0.39, 0.29) is 24.1 Å². The van der Waals surface area contributed by atoms with Gasteiger partial charge in [-0.1, -0.05) is 18.2 Å². The first-order valence-electron chi connectivity index (χ1n) is 10.6. The van der Waals surface area contributed by atoms with Crippen molar-refractivity contribution in [3.05, 3.63) is 56.7 Å². The Labute approximate surface area is 184 Å². The Hall–Kier alpha value is -3.18. The third-order valence-corrected chi connectivity index (χ3v) is 6.47. The Kier molecular flexibility index (Phi) is 6.05. The highest BCUT2D eigenvalue weighted by Gasteiger charge is 2.22. The monoisotopic (exact) mass is 435 g/mol. The maximum absolute atomic E-state index is 13.5. The average molecular weight is 436 g/mol. The normalized spacial score (nSPS) is 14.1. The van der Waals surface area contributed by atoms with Crippen LogP contribution in [0.5, 0.6) is 0 Å². The predicted molar refractivity (Wildman–Crippen MR) is 123 cm³/mol. The molecule has 8 heteroatoms. The van der Waals surface area contributed by atoms with Gasteiger partial charge in [-0.05, 0) is 50.8 Å². The summed E-state index contributed by atoms with van der Waals surface area (Å²) in [5, 5.41) is 12.4. The lowest BCUT2D eigenvalue weighted by molar-refractivity contribution is 0.0947. The molecule has 3 aromatic rings. The van der Waals surface area contributed by atoms with E-state index in [1.165, 1.54) is 11.3 Å². The first kappa shape index (κ1) is 21.1. The van der Waals surface area contributed by atoms with Gasteiger partial charge in [0, 0.05) is 19.1 Å². The van der Waals surface area contributed by atoms with Crippen LogP contribution in [0.1, 0.15) is 53.9 Å². The number of amides is 1. The quantitative estimate of drug-likeness (QED) is 0.662. The van der Waals surface area contributed by atoms with Crippen molar-refractivity contribution in [1.29, 1.82) is 5.26 Å². The molecule has 0 spiro atoms. The molecule has 0 radical (unpaired) electrons. The summed E-state index contributed by atoms with van der Waals surface area (Å²) in [5.74, 6) is 0.414. The molecule has 1 N–H and O–H groups in total. The Morgan fingerprint density at radius 2 is 2.00 bits per heavy atom. The number of aromatic nitrogens is 2. The molecule has 1 saturated heterocycles. The van der Waals surface area contributed by atoms with E-state index in [1.807, 2.05) is 32.0 Å². The second-order valence-electron chi connectivity index (χ2n) is 8.07. The van der Waals surface area contributed by atoms with Crippen LogP contribution in [0, 0.1) is 11.3 Å². The number of benzene rings is 1. The van der Waals surface area contributed by atoms with Crippen LogP contribution in [-0.2, 0) is 6.54 Å². The largest absolute Gasteiger partial charge is 0.349 e. The van der Waals surface area contributed by atoms with Crippen molar-refractivity contribution in [2.45, 2.75) is 45.7 Å². The van der Waals surface area contributed by atoms with Gasteiger partial charge in [0.15, 0.2) is 0 Å². The zero-order chi connectivity index (χ0) is 22.0. The van der Waals surface area contributed by atoms with Gasteiger partial charge >= 0.3 is 0 Å². The lowest BCUT2D eigenvalue weighted by Gasteiger charge is -2.29. The molecule has 160 valence electrons. The number of piperidine rings is 1. The smallest absolute Gasteiger partial charge is 0.273 e. The molecule has 1 aliphatic heterocycles. The highest BCUT2D eigenvalue weighted by Crippen LogP contribution is 2.26. The van der Waals surface area contributed by atoms with Gasteiger partial charge < -0.3 is 10.2 Å². The first-order chi connectivity index (χ1) is 15.0. The van der Waals surface area contributed by atoms with Crippen LogP contribution in [-0.4, -0.2) is 34.6 Å². The lowest BCUT2D eigenvalue weighted by Crippen LogP contribution is -2.36. The topological polar surface area (TPSA) is 91.0 Å². The Morgan fingerprint density at radius 1 is 1.26 bits per heavy atom. The van der Waals surface area contributed by atoms with E-state index in [2.05, 4.69) is 16.3 Å². The molecule has 0 bridgehead atoms. The Morgan fingerprint density at radius 3 is 2.71 bits per heavy atom. The van der Waals surface area contributed by atoms with Gasteiger partial charge in [0.2, 0.25) is 5.95 Å². The van der Waals surface area contributed by atoms with Crippen molar-refractivity contribution in [2.75, 3.05) is 18.0 Å². The number of carbonyl (C=O) groups excluding carboxylic acids is 1.